The van der Waals surface area contributed by atoms with Crippen LogP contribution in [0.15, 0.2) is 40.9 Å². The predicted octanol–water partition coefficient (Wildman–Crippen LogP) is 4.10. The molecular formula is C17H16BrNO3. The highest BCUT2D eigenvalue weighted by Crippen LogP contribution is 2.36. The average molecular weight is 362 g/mol. The zero-order valence-electron chi connectivity index (χ0n) is 12.4. The van der Waals surface area contributed by atoms with E-state index in [1.54, 1.807) is 19.2 Å². The van der Waals surface area contributed by atoms with Crippen molar-refractivity contribution in [1.82, 2.24) is 0 Å². The molecular weight excluding hydrogens is 346 g/mol. The van der Waals surface area contributed by atoms with Gasteiger partial charge in [-0.3, -0.25) is 0 Å². The Kier molecular flexibility index (Phi) is 5.68. The molecule has 0 bridgehead atoms. The summed E-state index contributed by atoms with van der Waals surface area (Å²) in [6.07, 6.45) is 0. The quantitative estimate of drug-likeness (QED) is 0.727. The van der Waals surface area contributed by atoms with Crippen LogP contribution < -0.4 is 14.2 Å². The molecule has 0 aliphatic rings. The van der Waals surface area contributed by atoms with E-state index in [1.807, 2.05) is 31.2 Å². The van der Waals surface area contributed by atoms with Crippen molar-refractivity contribution < 1.29 is 14.2 Å². The van der Waals surface area contributed by atoms with Crippen molar-refractivity contribution in [3.05, 3.63) is 52.0 Å². The van der Waals surface area contributed by atoms with E-state index in [4.69, 9.17) is 19.5 Å². The van der Waals surface area contributed by atoms with Crippen LogP contribution in [0, 0.1) is 18.3 Å². The lowest BCUT2D eigenvalue weighted by Gasteiger charge is -2.14. The van der Waals surface area contributed by atoms with Crippen LogP contribution >= 0.6 is 15.9 Å². The molecule has 0 saturated carbocycles. The van der Waals surface area contributed by atoms with Gasteiger partial charge in [-0.05, 0) is 40.5 Å². The van der Waals surface area contributed by atoms with E-state index in [-0.39, 0.29) is 0 Å². The molecule has 0 aromatic heterocycles. The average Bonchev–Trinajstić information content (AvgIpc) is 2.53. The van der Waals surface area contributed by atoms with E-state index in [2.05, 4.69) is 22.0 Å². The third-order valence-corrected chi connectivity index (χ3v) is 3.63. The molecule has 0 fully saturated rings. The third kappa shape index (κ3) is 3.92. The summed E-state index contributed by atoms with van der Waals surface area (Å²) in [4.78, 5) is 0. The first-order valence-electron chi connectivity index (χ1n) is 6.74. The maximum Gasteiger partial charge on any atom is 0.175 e. The van der Waals surface area contributed by atoms with Gasteiger partial charge < -0.3 is 14.2 Å². The van der Waals surface area contributed by atoms with Crippen molar-refractivity contribution in [1.29, 1.82) is 5.26 Å². The van der Waals surface area contributed by atoms with Crippen LogP contribution in [0.3, 0.4) is 0 Å². The van der Waals surface area contributed by atoms with E-state index < -0.39 is 0 Å². The first kappa shape index (κ1) is 16.2. The minimum atomic E-state index is 0.370. The van der Waals surface area contributed by atoms with Crippen LogP contribution in [0.4, 0.5) is 0 Å². The smallest absolute Gasteiger partial charge is 0.175 e. The topological polar surface area (TPSA) is 51.5 Å². The van der Waals surface area contributed by atoms with Crippen molar-refractivity contribution in [3.63, 3.8) is 0 Å². The van der Waals surface area contributed by atoms with E-state index in [1.165, 1.54) is 0 Å². The number of hydrogen-bond donors (Lipinski definition) is 0. The van der Waals surface area contributed by atoms with Gasteiger partial charge in [0.15, 0.2) is 11.5 Å². The molecule has 0 radical (unpaired) electrons. The number of aryl methyl sites for hydroxylation is 1. The summed E-state index contributed by atoms with van der Waals surface area (Å²) >= 11 is 3.39. The van der Waals surface area contributed by atoms with Gasteiger partial charge in [0.25, 0.3) is 0 Å². The number of ether oxygens (including phenoxy) is 3. The van der Waals surface area contributed by atoms with E-state index >= 15 is 0 Å². The van der Waals surface area contributed by atoms with E-state index in [0.717, 1.165) is 11.3 Å². The van der Waals surface area contributed by atoms with Gasteiger partial charge in [-0.25, -0.2) is 0 Å². The number of methoxy groups -OCH3 is 1. The molecule has 0 aliphatic carbocycles. The maximum atomic E-state index is 8.95. The first-order chi connectivity index (χ1) is 10.7. The summed E-state index contributed by atoms with van der Waals surface area (Å²) in [5.74, 6) is 1.92. The van der Waals surface area contributed by atoms with Crippen molar-refractivity contribution in [2.75, 3.05) is 20.3 Å². The molecule has 2 rings (SSSR count). The predicted molar refractivity (Wildman–Crippen MR) is 87.6 cm³/mol. The Morgan fingerprint density at radius 2 is 1.82 bits per heavy atom. The van der Waals surface area contributed by atoms with Gasteiger partial charge in [0.2, 0.25) is 0 Å². The number of rotatable bonds is 6. The van der Waals surface area contributed by atoms with Crippen LogP contribution in [-0.2, 0) is 0 Å². The molecule has 2 aromatic carbocycles. The summed E-state index contributed by atoms with van der Waals surface area (Å²) in [5.41, 5.74) is 1.59. The first-order valence-corrected chi connectivity index (χ1v) is 7.54. The number of hydrogen-bond acceptors (Lipinski definition) is 4. The molecule has 114 valence electrons. The zero-order chi connectivity index (χ0) is 15.9. The Bertz CT molecular complexity index is 695. The Hall–Kier alpha value is -2.19. The largest absolute Gasteiger partial charge is 0.493 e. The maximum absolute atomic E-state index is 8.95. The number of halogens is 1. The standard InChI is InChI=1S/C17H16BrNO3/c1-12-5-3-4-6-15(12)21-7-8-22-17-14(18)9-13(11-19)10-16(17)20-2/h3-6,9-10H,7-8H2,1-2H3. The summed E-state index contributed by atoms with van der Waals surface area (Å²) in [5, 5.41) is 8.95. The lowest BCUT2D eigenvalue weighted by Crippen LogP contribution is -2.10. The molecule has 5 heteroatoms. The van der Waals surface area contributed by atoms with Crippen LogP contribution in [0.1, 0.15) is 11.1 Å². The number of para-hydroxylation sites is 1. The highest BCUT2D eigenvalue weighted by atomic mass is 79.9. The van der Waals surface area contributed by atoms with Crippen molar-refractivity contribution in [3.8, 4) is 23.3 Å². The highest BCUT2D eigenvalue weighted by molar-refractivity contribution is 9.10. The second kappa shape index (κ2) is 7.71. The Labute approximate surface area is 138 Å². The van der Waals surface area contributed by atoms with Gasteiger partial charge in [-0.2, -0.15) is 5.26 Å². The molecule has 2 aromatic rings. The van der Waals surface area contributed by atoms with Gasteiger partial charge in [-0.15, -0.1) is 0 Å². The van der Waals surface area contributed by atoms with Gasteiger partial charge >= 0.3 is 0 Å². The highest BCUT2D eigenvalue weighted by Gasteiger charge is 2.11. The Balaban J connectivity index is 1.98. The fraction of sp³-hybridized carbons (Fsp3) is 0.235. The summed E-state index contributed by atoms with van der Waals surface area (Å²) in [6.45, 7) is 2.78. The molecule has 0 atom stereocenters. The molecule has 0 heterocycles. The molecule has 0 aliphatic heterocycles. The van der Waals surface area contributed by atoms with E-state index in [9.17, 15) is 0 Å². The number of nitrogens with zero attached hydrogens (tertiary/aromatic N) is 1. The minimum Gasteiger partial charge on any atom is -0.493 e. The van der Waals surface area contributed by atoms with Crippen LogP contribution in [0.5, 0.6) is 17.2 Å². The molecule has 4 nitrogen and oxygen atoms in total. The van der Waals surface area contributed by atoms with Gasteiger partial charge in [-0.1, -0.05) is 18.2 Å². The molecule has 0 saturated heterocycles. The van der Waals surface area contributed by atoms with Crippen LogP contribution in [0.25, 0.3) is 0 Å². The third-order valence-electron chi connectivity index (χ3n) is 3.04. The SMILES string of the molecule is COc1cc(C#N)cc(Br)c1OCCOc1ccccc1C. The molecule has 0 unspecified atom stereocenters. The lowest BCUT2D eigenvalue weighted by molar-refractivity contribution is 0.209. The monoisotopic (exact) mass is 361 g/mol. The zero-order valence-corrected chi connectivity index (χ0v) is 14.0. The Morgan fingerprint density at radius 1 is 1.09 bits per heavy atom. The summed E-state index contributed by atoms with van der Waals surface area (Å²) in [6, 6.07) is 13.2. The minimum absolute atomic E-state index is 0.370. The second-order valence-electron chi connectivity index (χ2n) is 4.56. The summed E-state index contributed by atoms with van der Waals surface area (Å²) in [7, 11) is 1.54. The van der Waals surface area contributed by atoms with Crippen molar-refractivity contribution >= 4 is 15.9 Å². The lowest BCUT2D eigenvalue weighted by atomic mass is 10.2. The molecule has 0 amide bonds. The van der Waals surface area contributed by atoms with Gasteiger partial charge in [0, 0.05) is 6.07 Å². The van der Waals surface area contributed by atoms with Gasteiger partial charge in [0.1, 0.15) is 19.0 Å². The number of nitriles is 1. The van der Waals surface area contributed by atoms with Crippen molar-refractivity contribution in [2.24, 2.45) is 0 Å². The molecule has 0 spiro atoms. The van der Waals surface area contributed by atoms with Crippen LogP contribution in [-0.4, -0.2) is 20.3 Å². The fourth-order valence-corrected chi connectivity index (χ4v) is 2.49. The van der Waals surface area contributed by atoms with Crippen molar-refractivity contribution in [2.45, 2.75) is 6.92 Å². The van der Waals surface area contributed by atoms with E-state index in [0.29, 0.717) is 34.7 Å². The molecule has 0 N–H and O–H groups in total. The fourth-order valence-electron chi connectivity index (χ4n) is 1.94. The van der Waals surface area contributed by atoms with Crippen LogP contribution in [0.2, 0.25) is 0 Å². The summed E-state index contributed by atoms with van der Waals surface area (Å²) < 4.78 is 17.3. The number of benzene rings is 2. The second-order valence-corrected chi connectivity index (χ2v) is 5.42. The molecule has 22 heavy (non-hydrogen) atoms. The van der Waals surface area contributed by atoms with Gasteiger partial charge in [0.05, 0.1) is 23.2 Å². The normalized spacial score (nSPS) is 9.91. The Morgan fingerprint density at radius 3 is 2.50 bits per heavy atom.